The first-order valence-electron chi connectivity index (χ1n) is 5.48. The van der Waals surface area contributed by atoms with Crippen molar-refractivity contribution in [1.82, 2.24) is 0 Å². The number of non-ortho nitro benzene ring substituents is 1. The molecule has 1 unspecified atom stereocenters. The van der Waals surface area contributed by atoms with Crippen LogP contribution in [0.3, 0.4) is 0 Å². The van der Waals surface area contributed by atoms with Gasteiger partial charge < -0.3 is 20.9 Å². The summed E-state index contributed by atoms with van der Waals surface area (Å²) in [5, 5.41) is 22.4. The number of nitro groups is 1. The van der Waals surface area contributed by atoms with Gasteiger partial charge in [0.15, 0.2) is 0 Å². The van der Waals surface area contributed by atoms with Gasteiger partial charge in [0.2, 0.25) is 5.91 Å². The summed E-state index contributed by atoms with van der Waals surface area (Å²) in [6, 6.07) is 2.59. The lowest BCUT2D eigenvalue weighted by Gasteiger charge is -2.12. The van der Waals surface area contributed by atoms with Crippen molar-refractivity contribution in [3.63, 3.8) is 0 Å². The van der Waals surface area contributed by atoms with Gasteiger partial charge in [-0.25, -0.2) is 0 Å². The largest absolute Gasteiger partial charge is 0.506 e. The molecule has 0 aliphatic heterocycles. The molecule has 8 heteroatoms. The van der Waals surface area contributed by atoms with Crippen molar-refractivity contribution in [2.24, 2.45) is 5.73 Å². The molecule has 0 radical (unpaired) electrons. The summed E-state index contributed by atoms with van der Waals surface area (Å²) >= 11 is 0. The Hall–Kier alpha value is -2.19. The fourth-order valence-corrected chi connectivity index (χ4v) is 1.34. The molecule has 0 spiro atoms. The number of nitrogens with two attached hydrogens (primary N) is 1. The van der Waals surface area contributed by atoms with Crippen LogP contribution in [0.4, 0.5) is 11.4 Å². The van der Waals surface area contributed by atoms with E-state index in [1.165, 1.54) is 19.2 Å². The van der Waals surface area contributed by atoms with Gasteiger partial charge in [0.1, 0.15) is 5.75 Å². The number of nitrogens with one attached hydrogen (secondary N) is 1. The third-order valence-corrected chi connectivity index (χ3v) is 2.42. The second-order valence-corrected chi connectivity index (χ2v) is 3.84. The molecule has 0 aliphatic carbocycles. The number of hydrogen-bond acceptors (Lipinski definition) is 6. The first-order valence-corrected chi connectivity index (χ1v) is 5.48. The van der Waals surface area contributed by atoms with Crippen molar-refractivity contribution >= 4 is 17.3 Å². The van der Waals surface area contributed by atoms with Crippen LogP contribution in [0.2, 0.25) is 0 Å². The third kappa shape index (κ3) is 4.19. The lowest BCUT2D eigenvalue weighted by Crippen LogP contribution is -2.36. The number of rotatable bonds is 6. The number of phenols is 1. The summed E-state index contributed by atoms with van der Waals surface area (Å²) in [5.74, 6) is -0.886. The molecule has 0 aromatic heterocycles. The number of hydrogen-bond donors (Lipinski definition) is 3. The molecule has 19 heavy (non-hydrogen) atoms. The van der Waals surface area contributed by atoms with Crippen LogP contribution < -0.4 is 11.1 Å². The highest BCUT2D eigenvalue weighted by Crippen LogP contribution is 2.27. The minimum Gasteiger partial charge on any atom is -0.506 e. The van der Waals surface area contributed by atoms with Crippen molar-refractivity contribution in [3.8, 4) is 5.75 Å². The smallest absolute Gasteiger partial charge is 0.273 e. The van der Waals surface area contributed by atoms with E-state index < -0.39 is 16.9 Å². The zero-order valence-corrected chi connectivity index (χ0v) is 10.3. The van der Waals surface area contributed by atoms with Gasteiger partial charge in [-0.2, -0.15) is 0 Å². The molecule has 8 nitrogen and oxygen atoms in total. The van der Waals surface area contributed by atoms with E-state index in [2.05, 4.69) is 5.32 Å². The van der Waals surface area contributed by atoms with Crippen LogP contribution >= 0.6 is 0 Å². The van der Waals surface area contributed by atoms with Gasteiger partial charge in [-0.15, -0.1) is 0 Å². The fourth-order valence-electron chi connectivity index (χ4n) is 1.34. The molecular weight excluding hydrogens is 254 g/mol. The molecule has 1 aromatic carbocycles. The van der Waals surface area contributed by atoms with Crippen LogP contribution in [0.15, 0.2) is 18.2 Å². The zero-order chi connectivity index (χ0) is 14.4. The molecule has 0 fully saturated rings. The first kappa shape index (κ1) is 14.9. The number of carbonyl (C=O) groups excluding carboxylic acids is 1. The van der Waals surface area contributed by atoms with E-state index in [1.807, 2.05) is 0 Å². The number of amides is 1. The van der Waals surface area contributed by atoms with E-state index in [0.717, 1.165) is 6.07 Å². The van der Waals surface area contributed by atoms with E-state index in [4.69, 9.17) is 10.5 Å². The number of benzene rings is 1. The summed E-state index contributed by atoms with van der Waals surface area (Å²) in [4.78, 5) is 21.5. The Labute approximate surface area is 109 Å². The highest BCUT2D eigenvalue weighted by Gasteiger charge is 2.16. The number of nitrogens with zero attached hydrogens (tertiary/aromatic N) is 1. The van der Waals surface area contributed by atoms with Crippen molar-refractivity contribution in [2.75, 3.05) is 19.0 Å². The number of ether oxygens (including phenoxy) is 1. The molecule has 0 heterocycles. The molecule has 1 amide bonds. The Bertz CT molecular complexity index is 477. The average Bonchev–Trinajstić information content (AvgIpc) is 2.37. The Morgan fingerprint density at radius 3 is 2.84 bits per heavy atom. The molecule has 1 atom stereocenters. The molecule has 0 saturated carbocycles. The first-order chi connectivity index (χ1) is 8.95. The fraction of sp³-hybridized carbons (Fsp3) is 0.364. The SMILES string of the molecule is COCCC(N)C(=O)Nc1ccc([N+](=O)[O-])cc1O. The van der Waals surface area contributed by atoms with Crippen LogP contribution in [0, 0.1) is 10.1 Å². The normalized spacial score (nSPS) is 11.9. The summed E-state index contributed by atoms with van der Waals surface area (Å²) < 4.78 is 4.79. The molecule has 104 valence electrons. The average molecular weight is 269 g/mol. The Morgan fingerprint density at radius 2 is 2.32 bits per heavy atom. The van der Waals surface area contributed by atoms with Gasteiger partial charge in [0.05, 0.1) is 22.7 Å². The summed E-state index contributed by atoms with van der Waals surface area (Å²) in [5.41, 5.74) is 5.41. The summed E-state index contributed by atoms with van der Waals surface area (Å²) in [6.45, 7) is 0.334. The molecular formula is C11H15N3O5. The highest BCUT2D eigenvalue weighted by molar-refractivity contribution is 5.96. The van der Waals surface area contributed by atoms with Crippen LogP contribution in [0.5, 0.6) is 5.75 Å². The van der Waals surface area contributed by atoms with Crippen molar-refractivity contribution < 1.29 is 19.6 Å². The molecule has 4 N–H and O–H groups in total. The number of anilines is 1. The second-order valence-electron chi connectivity index (χ2n) is 3.84. The highest BCUT2D eigenvalue weighted by atomic mass is 16.6. The Kier molecular flexibility index (Phi) is 5.22. The number of methoxy groups -OCH3 is 1. The van der Waals surface area contributed by atoms with Gasteiger partial charge >= 0.3 is 0 Å². The quantitative estimate of drug-likeness (QED) is 0.394. The maximum atomic E-state index is 11.7. The van der Waals surface area contributed by atoms with Crippen LogP contribution in [-0.2, 0) is 9.53 Å². The predicted molar refractivity (Wildman–Crippen MR) is 67.9 cm³/mol. The second kappa shape index (κ2) is 6.66. The van der Waals surface area contributed by atoms with Gasteiger partial charge in [-0.1, -0.05) is 0 Å². The van der Waals surface area contributed by atoms with Crippen molar-refractivity contribution in [3.05, 3.63) is 28.3 Å². The molecule has 0 saturated heterocycles. The predicted octanol–water partition coefficient (Wildman–Crippen LogP) is 0.603. The maximum Gasteiger partial charge on any atom is 0.273 e. The topological polar surface area (TPSA) is 128 Å². The van der Waals surface area contributed by atoms with E-state index in [0.29, 0.717) is 13.0 Å². The van der Waals surface area contributed by atoms with Crippen LogP contribution in [0.1, 0.15) is 6.42 Å². The monoisotopic (exact) mass is 269 g/mol. The number of nitro benzene ring substituents is 1. The van der Waals surface area contributed by atoms with Crippen molar-refractivity contribution in [2.45, 2.75) is 12.5 Å². The molecule has 0 bridgehead atoms. The van der Waals surface area contributed by atoms with Gasteiger partial charge in [-0.05, 0) is 12.5 Å². The molecule has 0 aliphatic rings. The molecule has 1 rings (SSSR count). The third-order valence-electron chi connectivity index (χ3n) is 2.42. The summed E-state index contributed by atoms with van der Waals surface area (Å²) in [7, 11) is 1.49. The van der Waals surface area contributed by atoms with Crippen LogP contribution in [-0.4, -0.2) is 35.7 Å². The standard InChI is InChI=1S/C11H15N3O5/c1-19-5-4-8(12)11(16)13-9-3-2-7(14(17)18)6-10(9)15/h2-3,6,8,15H,4-5,12H2,1H3,(H,13,16). The minimum absolute atomic E-state index is 0.0727. The van der Waals surface area contributed by atoms with Gasteiger partial charge in [0, 0.05) is 19.8 Å². The number of carbonyl (C=O) groups is 1. The van der Waals surface area contributed by atoms with Gasteiger partial charge in [-0.3, -0.25) is 14.9 Å². The lowest BCUT2D eigenvalue weighted by atomic mass is 10.2. The van der Waals surface area contributed by atoms with Crippen LogP contribution in [0.25, 0.3) is 0 Å². The van der Waals surface area contributed by atoms with Crippen molar-refractivity contribution in [1.29, 1.82) is 0 Å². The van der Waals surface area contributed by atoms with E-state index in [-0.39, 0.29) is 17.1 Å². The van der Waals surface area contributed by atoms with Gasteiger partial charge in [0.25, 0.3) is 5.69 Å². The lowest BCUT2D eigenvalue weighted by molar-refractivity contribution is -0.384. The van der Waals surface area contributed by atoms with E-state index in [9.17, 15) is 20.0 Å². The van der Waals surface area contributed by atoms with E-state index >= 15 is 0 Å². The zero-order valence-electron chi connectivity index (χ0n) is 10.3. The summed E-state index contributed by atoms with van der Waals surface area (Å²) in [6.07, 6.45) is 0.329. The maximum absolute atomic E-state index is 11.7. The minimum atomic E-state index is -0.783. The Morgan fingerprint density at radius 1 is 1.63 bits per heavy atom. The number of phenolic OH excluding ortho intramolecular Hbond substituents is 1. The number of aromatic hydroxyl groups is 1. The molecule has 1 aromatic rings. The Balaban J connectivity index is 2.72. The van der Waals surface area contributed by atoms with E-state index in [1.54, 1.807) is 0 Å².